The molecule has 29 heavy (non-hydrogen) atoms. The number of Topliss-reactive ketones (excluding diaryl/α,β-unsaturated/α-hetero) is 1. The molecule has 8 heteroatoms. The van der Waals surface area contributed by atoms with Crippen LogP contribution in [-0.2, 0) is 4.79 Å². The number of nitrogens with zero attached hydrogens (tertiary/aromatic N) is 4. The molecule has 0 bridgehead atoms. The molecule has 0 spiro atoms. The molecule has 1 atom stereocenters. The molecule has 8 nitrogen and oxygen atoms in total. The lowest BCUT2D eigenvalue weighted by Gasteiger charge is -2.39. The van der Waals surface area contributed by atoms with Gasteiger partial charge in [0.25, 0.3) is 5.69 Å². The van der Waals surface area contributed by atoms with E-state index in [0.717, 1.165) is 5.70 Å². The monoisotopic (exact) mass is 387 g/mol. The number of benzene rings is 1. The molecule has 0 saturated heterocycles. The molecule has 0 amide bonds. The van der Waals surface area contributed by atoms with Crippen molar-refractivity contribution in [2.45, 2.75) is 25.2 Å². The minimum Gasteiger partial charge on any atom is -0.384 e. The Morgan fingerprint density at radius 1 is 1.24 bits per heavy atom. The minimum atomic E-state index is -0.642. The number of nitro benzene ring substituents is 1. The molecule has 2 N–H and O–H groups in total. The second-order valence-electron chi connectivity index (χ2n) is 6.88. The number of hydrogen-bond donors (Lipinski definition) is 1. The van der Waals surface area contributed by atoms with E-state index in [1.54, 1.807) is 35.5 Å². The van der Waals surface area contributed by atoms with Crippen LogP contribution < -0.4 is 10.6 Å². The van der Waals surface area contributed by atoms with Crippen LogP contribution in [0.1, 0.15) is 30.7 Å². The number of nitro groups is 1. The molecular formula is C21H17N5O3. The first-order valence-electron chi connectivity index (χ1n) is 9.13. The van der Waals surface area contributed by atoms with Crippen molar-refractivity contribution in [3.8, 4) is 6.07 Å². The van der Waals surface area contributed by atoms with Crippen molar-refractivity contribution in [3.05, 3.63) is 87.1 Å². The van der Waals surface area contributed by atoms with Gasteiger partial charge < -0.3 is 5.73 Å². The second kappa shape index (κ2) is 7.20. The third-order valence-electron chi connectivity index (χ3n) is 5.25. The third kappa shape index (κ3) is 3.02. The van der Waals surface area contributed by atoms with Crippen molar-refractivity contribution in [1.29, 1.82) is 5.26 Å². The lowest BCUT2D eigenvalue weighted by molar-refractivity contribution is -0.384. The molecule has 2 heterocycles. The van der Waals surface area contributed by atoms with Crippen molar-refractivity contribution in [2.75, 3.05) is 4.90 Å². The van der Waals surface area contributed by atoms with E-state index in [1.165, 1.54) is 12.1 Å². The highest BCUT2D eigenvalue weighted by molar-refractivity contribution is 6.01. The zero-order chi connectivity index (χ0) is 20.5. The van der Waals surface area contributed by atoms with Crippen LogP contribution in [0.4, 0.5) is 11.4 Å². The smallest absolute Gasteiger partial charge is 0.269 e. The average Bonchev–Trinajstić information content (AvgIpc) is 2.74. The maximum Gasteiger partial charge on any atom is 0.269 e. The highest BCUT2D eigenvalue weighted by atomic mass is 16.6. The van der Waals surface area contributed by atoms with Gasteiger partial charge in [-0.2, -0.15) is 5.26 Å². The van der Waals surface area contributed by atoms with Gasteiger partial charge in [-0.05, 0) is 30.5 Å². The molecule has 2 aromatic rings. The largest absolute Gasteiger partial charge is 0.384 e. The van der Waals surface area contributed by atoms with Crippen molar-refractivity contribution < 1.29 is 9.72 Å². The zero-order valence-electron chi connectivity index (χ0n) is 15.4. The summed E-state index contributed by atoms with van der Waals surface area (Å²) in [5.74, 6) is -0.433. The number of nitriles is 1. The molecule has 4 rings (SSSR count). The number of carbonyl (C=O) groups is 1. The summed E-state index contributed by atoms with van der Waals surface area (Å²) in [6, 6.07) is 11.7. The number of anilines is 1. The zero-order valence-corrected chi connectivity index (χ0v) is 15.4. The summed E-state index contributed by atoms with van der Waals surface area (Å²) in [7, 11) is 0. The predicted molar refractivity (Wildman–Crippen MR) is 105 cm³/mol. The molecule has 144 valence electrons. The standard InChI is InChI=1S/C21H17N5O3/c22-11-16-19(13-6-8-14(9-7-13)26(28)29)20-17(4-1-5-18(20)27)25(21(16)23)15-3-2-10-24-12-15/h2-3,6-10,12,19H,1,4-5,23H2/t19-/m0/s1. The van der Waals surface area contributed by atoms with Gasteiger partial charge in [-0.15, -0.1) is 0 Å². The van der Waals surface area contributed by atoms with Crippen LogP contribution in [-0.4, -0.2) is 15.7 Å². The summed E-state index contributed by atoms with van der Waals surface area (Å²) in [6.07, 6.45) is 4.99. The first-order valence-corrected chi connectivity index (χ1v) is 9.13. The lowest BCUT2D eigenvalue weighted by atomic mass is 9.75. The quantitative estimate of drug-likeness (QED) is 0.632. The predicted octanol–water partition coefficient (Wildman–Crippen LogP) is 3.29. The van der Waals surface area contributed by atoms with E-state index in [2.05, 4.69) is 11.1 Å². The molecule has 0 fully saturated rings. The molecule has 0 radical (unpaired) electrons. The van der Waals surface area contributed by atoms with Gasteiger partial charge in [0.05, 0.1) is 34.4 Å². The summed E-state index contributed by atoms with van der Waals surface area (Å²) in [5.41, 5.74) is 9.21. The van der Waals surface area contributed by atoms with Crippen molar-refractivity contribution in [2.24, 2.45) is 5.73 Å². The minimum absolute atomic E-state index is 0.0382. The number of carbonyl (C=O) groups excluding carboxylic acids is 1. The van der Waals surface area contributed by atoms with Crippen molar-refractivity contribution in [3.63, 3.8) is 0 Å². The Labute approximate surface area is 166 Å². The van der Waals surface area contributed by atoms with Crippen LogP contribution in [0.25, 0.3) is 0 Å². The second-order valence-corrected chi connectivity index (χ2v) is 6.88. The average molecular weight is 387 g/mol. The lowest BCUT2D eigenvalue weighted by Crippen LogP contribution is -2.38. The number of hydrogen-bond acceptors (Lipinski definition) is 7. The number of nitrogens with two attached hydrogens (primary N) is 1. The Kier molecular flexibility index (Phi) is 4.56. The van der Waals surface area contributed by atoms with Crippen LogP contribution >= 0.6 is 0 Å². The van der Waals surface area contributed by atoms with Gasteiger partial charge in [-0.3, -0.25) is 24.8 Å². The normalized spacial score (nSPS) is 19.1. The molecule has 0 saturated carbocycles. The van der Waals surface area contributed by atoms with E-state index in [4.69, 9.17) is 5.73 Å². The summed E-state index contributed by atoms with van der Waals surface area (Å²) in [5, 5.41) is 20.9. The Hall–Kier alpha value is -3.99. The maximum absolute atomic E-state index is 13.0. The van der Waals surface area contributed by atoms with Crippen LogP contribution in [0.5, 0.6) is 0 Å². The van der Waals surface area contributed by atoms with Crippen LogP contribution in [0.15, 0.2) is 71.5 Å². The summed E-state index contributed by atoms with van der Waals surface area (Å²) < 4.78 is 0. The van der Waals surface area contributed by atoms with Crippen LogP contribution in [0.2, 0.25) is 0 Å². The van der Waals surface area contributed by atoms with E-state index in [0.29, 0.717) is 36.1 Å². The van der Waals surface area contributed by atoms with E-state index in [1.807, 2.05) is 6.07 Å². The fourth-order valence-electron chi connectivity index (χ4n) is 3.99. The fourth-order valence-corrected chi connectivity index (χ4v) is 3.99. The number of ketones is 1. The third-order valence-corrected chi connectivity index (χ3v) is 5.25. The van der Waals surface area contributed by atoms with E-state index >= 15 is 0 Å². The van der Waals surface area contributed by atoms with E-state index < -0.39 is 10.8 Å². The van der Waals surface area contributed by atoms with Gasteiger partial charge in [-0.1, -0.05) is 12.1 Å². The van der Waals surface area contributed by atoms with Gasteiger partial charge in [0.1, 0.15) is 5.82 Å². The number of rotatable bonds is 3. The summed E-state index contributed by atoms with van der Waals surface area (Å²) in [4.78, 5) is 29.3. The first kappa shape index (κ1) is 18.4. The first-order chi connectivity index (χ1) is 14.0. The molecule has 0 unspecified atom stereocenters. The number of allylic oxidation sites excluding steroid dienone is 3. The molecule has 1 aliphatic carbocycles. The summed E-state index contributed by atoms with van der Waals surface area (Å²) in [6.45, 7) is 0. The molecule has 1 aromatic heterocycles. The van der Waals surface area contributed by atoms with Crippen molar-refractivity contribution in [1.82, 2.24) is 4.98 Å². The molecule has 2 aliphatic rings. The van der Waals surface area contributed by atoms with Gasteiger partial charge in [0, 0.05) is 36.0 Å². The van der Waals surface area contributed by atoms with Crippen LogP contribution in [0, 0.1) is 21.4 Å². The van der Waals surface area contributed by atoms with Crippen LogP contribution in [0.3, 0.4) is 0 Å². The van der Waals surface area contributed by atoms with E-state index in [-0.39, 0.29) is 22.9 Å². The molecule has 1 aromatic carbocycles. The number of pyridine rings is 1. The topological polar surface area (TPSA) is 126 Å². The van der Waals surface area contributed by atoms with Gasteiger partial charge >= 0.3 is 0 Å². The summed E-state index contributed by atoms with van der Waals surface area (Å²) >= 11 is 0. The van der Waals surface area contributed by atoms with E-state index in [9.17, 15) is 20.2 Å². The maximum atomic E-state index is 13.0. The Morgan fingerprint density at radius 2 is 2.00 bits per heavy atom. The SMILES string of the molecule is N#CC1=C(N)N(c2cccnc2)C2=C(C(=O)CCC2)[C@H]1c1ccc([N+](=O)[O-])cc1. The molecule has 1 aliphatic heterocycles. The van der Waals surface area contributed by atoms with Crippen molar-refractivity contribution >= 4 is 17.2 Å². The Balaban J connectivity index is 1.92. The Bertz CT molecular complexity index is 1100. The highest BCUT2D eigenvalue weighted by Crippen LogP contribution is 2.46. The highest BCUT2D eigenvalue weighted by Gasteiger charge is 2.40. The Morgan fingerprint density at radius 3 is 2.62 bits per heavy atom. The van der Waals surface area contributed by atoms with Gasteiger partial charge in [0.2, 0.25) is 0 Å². The van der Waals surface area contributed by atoms with Gasteiger partial charge in [-0.25, -0.2) is 0 Å². The number of non-ortho nitro benzene ring substituents is 1. The fraction of sp³-hybridized carbons (Fsp3) is 0.190. The molecular weight excluding hydrogens is 370 g/mol. The number of aromatic nitrogens is 1. The van der Waals surface area contributed by atoms with Gasteiger partial charge in [0.15, 0.2) is 5.78 Å².